The van der Waals surface area contributed by atoms with E-state index in [1.807, 2.05) is 116 Å². The first-order valence-corrected chi connectivity index (χ1v) is 25.4. The summed E-state index contributed by atoms with van der Waals surface area (Å²) in [5, 5.41) is 16.6. The Kier molecular flexibility index (Phi) is 23.4. The predicted octanol–water partition coefficient (Wildman–Crippen LogP) is 4.98. The standard InChI is InChI=1S/C51H72IN7O9/c1-35(2)27-43(54-49(65)39(18-17-37-13-9-7-10-14-37)30-42(60)33-59-23-25-67-26-24-59)45(61)31-40(29-38-15-11-8-12-16-38)50(66)55-44(28-36(3)4)48(64)51(5,34-52)68-47(63)20-19-46(62)53-22-21-41-32-58(6)57-56-41/h7-16,32,35-36,39-40,43-44H,17-31,33-34H2,1-6H3,(H,53,62)(H,54,65)(H,55,66)/t39-,40-,43+,44+,51-/m1/s1. The number of ketones is 3. The van der Waals surface area contributed by atoms with E-state index < -0.39 is 47.2 Å². The molecule has 17 heteroatoms. The molecule has 0 aliphatic carbocycles. The number of morpholine rings is 1. The fraction of sp³-hybridized carbons (Fsp3) is 0.588. The molecule has 1 aliphatic rings. The van der Waals surface area contributed by atoms with Gasteiger partial charge in [0.1, 0.15) is 5.78 Å². The van der Waals surface area contributed by atoms with Crippen LogP contribution in [-0.4, -0.2) is 122 Å². The van der Waals surface area contributed by atoms with Crippen molar-refractivity contribution in [2.45, 2.75) is 117 Å². The third-order valence-electron chi connectivity index (χ3n) is 11.9. The van der Waals surface area contributed by atoms with E-state index in [4.69, 9.17) is 9.47 Å². The zero-order chi connectivity index (χ0) is 49.6. The number of nitrogens with zero attached hydrogens (tertiary/aromatic N) is 4. The lowest BCUT2D eigenvalue weighted by Gasteiger charge is -2.32. The maximum Gasteiger partial charge on any atom is 0.307 e. The number of carbonyl (C=O) groups excluding carboxylic acids is 7. The Balaban J connectivity index is 1.48. The molecular weight excluding hydrogens is 982 g/mol. The minimum absolute atomic E-state index is 0.00224. The van der Waals surface area contributed by atoms with Gasteiger partial charge in [0.25, 0.3) is 0 Å². The average molecular weight is 1050 g/mol. The number of esters is 1. The lowest BCUT2D eigenvalue weighted by Crippen LogP contribution is -2.55. The van der Waals surface area contributed by atoms with Crippen LogP contribution in [0.5, 0.6) is 0 Å². The molecule has 1 saturated heterocycles. The van der Waals surface area contributed by atoms with Crippen molar-refractivity contribution < 1.29 is 43.0 Å². The molecular formula is C51H72IN7O9. The van der Waals surface area contributed by atoms with Crippen molar-refractivity contribution in [3.63, 3.8) is 0 Å². The molecule has 2 heterocycles. The quantitative estimate of drug-likeness (QED) is 0.0459. The molecule has 3 N–H and O–H groups in total. The number of amides is 3. The first kappa shape index (κ1) is 55.7. The van der Waals surface area contributed by atoms with Crippen molar-refractivity contribution >= 4 is 63.6 Å². The lowest BCUT2D eigenvalue weighted by atomic mass is 9.87. The van der Waals surface area contributed by atoms with Gasteiger partial charge in [0, 0.05) is 74.8 Å². The molecule has 0 unspecified atom stereocenters. The number of alkyl halides is 1. The normalized spacial score (nSPS) is 15.7. The second-order valence-corrected chi connectivity index (χ2v) is 19.7. The summed E-state index contributed by atoms with van der Waals surface area (Å²) in [4.78, 5) is 98.9. The van der Waals surface area contributed by atoms with E-state index in [1.165, 1.54) is 6.92 Å². The van der Waals surface area contributed by atoms with Gasteiger partial charge in [-0.25, -0.2) is 0 Å². The summed E-state index contributed by atoms with van der Waals surface area (Å²) in [5.41, 5.74) is 0.923. The fourth-order valence-electron chi connectivity index (χ4n) is 8.18. The largest absolute Gasteiger partial charge is 0.450 e. The Morgan fingerprint density at radius 2 is 1.40 bits per heavy atom. The molecule has 3 amide bonds. The molecule has 4 rings (SSSR count). The van der Waals surface area contributed by atoms with E-state index in [9.17, 15) is 33.6 Å². The Morgan fingerprint density at radius 1 is 0.794 bits per heavy atom. The van der Waals surface area contributed by atoms with E-state index in [-0.39, 0.29) is 84.7 Å². The van der Waals surface area contributed by atoms with Crippen molar-refractivity contribution in [2.75, 3.05) is 43.8 Å². The number of nitrogens with one attached hydrogen (secondary N) is 3. The summed E-state index contributed by atoms with van der Waals surface area (Å²) >= 11 is 1.98. The first-order chi connectivity index (χ1) is 32.4. The predicted molar refractivity (Wildman–Crippen MR) is 267 cm³/mol. The number of ether oxygens (including phenoxy) is 2. The number of hydrogen-bond donors (Lipinski definition) is 3. The summed E-state index contributed by atoms with van der Waals surface area (Å²) in [7, 11) is 1.75. The van der Waals surface area contributed by atoms with Crippen LogP contribution in [-0.2, 0) is 69.3 Å². The van der Waals surface area contributed by atoms with E-state index in [2.05, 4.69) is 26.3 Å². The Hall–Kier alpha value is -4.88. The molecule has 3 aromatic rings. The minimum Gasteiger partial charge on any atom is -0.450 e. The molecule has 68 heavy (non-hydrogen) atoms. The van der Waals surface area contributed by atoms with Crippen molar-refractivity contribution in [1.82, 2.24) is 35.8 Å². The number of Topliss-reactive ketones (excluding diaryl/α,β-unsaturated/α-hetero) is 3. The number of carbonyl (C=O) groups is 7. The molecule has 372 valence electrons. The van der Waals surface area contributed by atoms with Crippen LogP contribution in [0.1, 0.15) is 96.4 Å². The third-order valence-corrected chi connectivity index (χ3v) is 13.3. The molecule has 1 aromatic heterocycles. The van der Waals surface area contributed by atoms with Crippen LogP contribution in [0, 0.1) is 23.7 Å². The van der Waals surface area contributed by atoms with Gasteiger partial charge in [-0.05, 0) is 62.0 Å². The number of halogens is 1. The average Bonchev–Trinajstić information content (AvgIpc) is 3.73. The fourth-order valence-corrected chi connectivity index (χ4v) is 8.71. The van der Waals surface area contributed by atoms with Gasteiger partial charge in [0.15, 0.2) is 17.2 Å². The first-order valence-electron chi connectivity index (χ1n) is 23.9. The highest BCUT2D eigenvalue weighted by molar-refractivity contribution is 14.1. The van der Waals surface area contributed by atoms with E-state index in [1.54, 1.807) is 17.9 Å². The maximum absolute atomic E-state index is 14.5. The summed E-state index contributed by atoms with van der Waals surface area (Å²) < 4.78 is 12.9. The van der Waals surface area contributed by atoms with Crippen molar-refractivity contribution in [2.24, 2.45) is 30.7 Å². The van der Waals surface area contributed by atoms with Crippen LogP contribution >= 0.6 is 22.6 Å². The highest BCUT2D eigenvalue weighted by Crippen LogP contribution is 2.24. The topological polar surface area (TPSA) is 208 Å². The zero-order valence-corrected chi connectivity index (χ0v) is 42.8. The summed E-state index contributed by atoms with van der Waals surface area (Å²) in [6.45, 7) is 12.1. The van der Waals surface area contributed by atoms with E-state index in [0.29, 0.717) is 64.2 Å². The monoisotopic (exact) mass is 1050 g/mol. The van der Waals surface area contributed by atoms with Crippen LogP contribution in [0.4, 0.5) is 0 Å². The molecule has 1 fully saturated rings. The van der Waals surface area contributed by atoms with Gasteiger partial charge >= 0.3 is 5.97 Å². The van der Waals surface area contributed by atoms with Crippen molar-refractivity contribution in [3.05, 3.63) is 83.7 Å². The molecule has 2 aromatic carbocycles. The molecule has 0 bridgehead atoms. The number of aryl methyl sites for hydroxylation is 2. The van der Waals surface area contributed by atoms with Gasteiger partial charge in [-0.2, -0.15) is 0 Å². The Bertz CT molecular complexity index is 2090. The SMILES string of the molecule is CC(C)C[C@H](NC(=O)[C@H](CCc1ccccc1)CC(=O)CN1CCOCC1)C(=O)C[C@@H](Cc1ccccc1)C(=O)N[C@@H](CC(C)C)C(=O)[C@@](C)(CI)OC(=O)CCC(=O)NCCc1cn(C)nn1. The Morgan fingerprint density at radius 3 is 2.00 bits per heavy atom. The van der Waals surface area contributed by atoms with Gasteiger partial charge in [0.2, 0.25) is 17.7 Å². The summed E-state index contributed by atoms with van der Waals surface area (Å²) in [6, 6.07) is 17.0. The second kappa shape index (κ2) is 28.6. The minimum atomic E-state index is -1.63. The molecule has 0 radical (unpaired) electrons. The number of rotatable bonds is 30. The zero-order valence-electron chi connectivity index (χ0n) is 40.7. The van der Waals surface area contributed by atoms with E-state index >= 15 is 0 Å². The van der Waals surface area contributed by atoms with Crippen LogP contribution < -0.4 is 16.0 Å². The van der Waals surface area contributed by atoms with Gasteiger partial charge in [-0.1, -0.05) is 116 Å². The van der Waals surface area contributed by atoms with Gasteiger partial charge < -0.3 is 25.4 Å². The highest BCUT2D eigenvalue weighted by Gasteiger charge is 2.42. The van der Waals surface area contributed by atoms with Crippen LogP contribution in [0.15, 0.2) is 66.9 Å². The van der Waals surface area contributed by atoms with Gasteiger partial charge in [-0.3, -0.25) is 43.1 Å². The smallest absolute Gasteiger partial charge is 0.307 e. The number of aromatic nitrogens is 3. The summed E-state index contributed by atoms with van der Waals surface area (Å²) in [5.74, 6) is -4.55. The van der Waals surface area contributed by atoms with Crippen LogP contribution in [0.2, 0.25) is 0 Å². The molecule has 1 aliphatic heterocycles. The van der Waals surface area contributed by atoms with Crippen molar-refractivity contribution in [3.8, 4) is 0 Å². The number of benzene rings is 2. The molecule has 0 saturated carbocycles. The van der Waals surface area contributed by atoms with Crippen LogP contribution in [0.3, 0.4) is 0 Å². The Labute approximate surface area is 415 Å². The second-order valence-electron chi connectivity index (χ2n) is 19.0. The maximum atomic E-state index is 14.5. The van der Waals surface area contributed by atoms with Gasteiger partial charge in [-0.15, -0.1) is 5.10 Å². The third kappa shape index (κ3) is 19.6. The lowest BCUT2D eigenvalue weighted by molar-refractivity contribution is -0.164. The van der Waals surface area contributed by atoms with E-state index in [0.717, 1.165) is 11.1 Å². The highest BCUT2D eigenvalue weighted by atomic mass is 127. The molecule has 16 nitrogen and oxygen atoms in total. The van der Waals surface area contributed by atoms with Crippen molar-refractivity contribution in [1.29, 1.82) is 0 Å². The molecule has 5 atom stereocenters. The molecule has 0 spiro atoms. The van der Waals surface area contributed by atoms with Crippen LogP contribution in [0.25, 0.3) is 0 Å². The number of hydrogen-bond acceptors (Lipinski definition) is 12. The van der Waals surface area contributed by atoms with Gasteiger partial charge in [0.05, 0.1) is 44.0 Å². The summed E-state index contributed by atoms with van der Waals surface area (Å²) in [6.07, 6.45) is 3.31.